The number of methoxy groups -OCH3 is 2. The van der Waals surface area contributed by atoms with Crippen molar-refractivity contribution in [1.29, 1.82) is 0 Å². The summed E-state index contributed by atoms with van der Waals surface area (Å²) >= 11 is 22.0. The van der Waals surface area contributed by atoms with Gasteiger partial charge in [-0.3, -0.25) is 0 Å². The normalized spacial score (nSPS) is 15.4. The summed E-state index contributed by atoms with van der Waals surface area (Å²) in [6.45, 7) is 3.99. The van der Waals surface area contributed by atoms with Gasteiger partial charge in [-0.15, -0.1) is 22.7 Å². The minimum Gasteiger partial charge on any atom is -0.497 e. The van der Waals surface area contributed by atoms with Gasteiger partial charge < -0.3 is 19.3 Å². The van der Waals surface area contributed by atoms with Crippen LogP contribution in [0.4, 0.5) is 10.3 Å². The van der Waals surface area contributed by atoms with Crippen molar-refractivity contribution in [3.05, 3.63) is 115 Å². The number of aromatic nitrogens is 2. The summed E-state index contributed by atoms with van der Waals surface area (Å²) in [4.78, 5) is 14.3. The van der Waals surface area contributed by atoms with Gasteiger partial charge in [0.25, 0.3) is 0 Å². The van der Waals surface area contributed by atoms with Crippen molar-refractivity contribution in [2.24, 2.45) is 0 Å². The molecule has 2 aliphatic rings. The Morgan fingerprint density at radius 3 is 1.47 bits per heavy atom. The van der Waals surface area contributed by atoms with E-state index in [1.807, 2.05) is 35.0 Å². The van der Waals surface area contributed by atoms with Crippen LogP contribution in [0.3, 0.4) is 0 Å². The molecular weight excluding hydrogens is 1020 g/mol. The molecule has 8 rings (SSSR count). The van der Waals surface area contributed by atoms with E-state index in [0.717, 1.165) is 47.5 Å². The monoisotopic (exact) mass is 1050 g/mol. The molecule has 0 N–H and O–H groups in total. The van der Waals surface area contributed by atoms with Crippen molar-refractivity contribution in [1.82, 2.24) is 18.6 Å². The number of hydrogen-bond acceptors (Lipinski definition) is 12. The Bertz CT molecular complexity index is 2660. The number of thiazole rings is 2. The van der Waals surface area contributed by atoms with Crippen molar-refractivity contribution in [3.63, 3.8) is 0 Å². The molecule has 0 aliphatic carbocycles. The van der Waals surface area contributed by atoms with Gasteiger partial charge in [0.05, 0.1) is 40.4 Å². The molecular formula is C40H38Br2Cl2N6O6S4. The molecule has 60 heavy (non-hydrogen) atoms. The van der Waals surface area contributed by atoms with Crippen LogP contribution in [0.5, 0.6) is 11.5 Å². The molecule has 2 saturated heterocycles. The summed E-state index contributed by atoms with van der Waals surface area (Å²) in [5.74, 6) is 1.42. The molecule has 316 valence electrons. The second-order valence-corrected chi connectivity index (χ2v) is 21.6. The second-order valence-electron chi connectivity index (χ2n) is 13.4. The first-order chi connectivity index (χ1) is 28.8. The van der Waals surface area contributed by atoms with Gasteiger partial charge in [0.15, 0.2) is 10.3 Å². The summed E-state index contributed by atoms with van der Waals surface area (Å²) in [5, 5.41) is 6.80. The van der Waals surface area contributed by atoms with Crippen molar-refractivity contribution < 1.29 is 26.3 Å². The maximum atomic E-state index is 12.9. The third kappa shape index (κ3) is 10.1. The number of rotatable bonds is 10. The van der Waals surface area contributed by atoms with Crippen LogP contribution in [0.1, 0.15) is 0 Å². The predicted octanol–water partition coefficient (Wildman–Crippen LogP) is 9.49. The SMILES string of the molecule is COc1ccc(-c2csc(N3CCN(S(=O)(=O)c4ccc(Br)cc4)CC3)n2)c(OC)c1.O=S(=O)(c1ccc(Br)cc1)N1CCN(c2nc(-c3ccc(Cl)cc3Cl)cs2)CC1. The van der Waals surface area contributed by atoms with E-state index in [2.05, 4.69) is 41.7 Å². The van der Waals surface area contributed by atoms with E-state index in [9.17, 15) is 16.8 Å². The minimum absolute atomic E-state index is 0.308. The first kappa shape index (κ1) is 44.7. The minimum atomic E-state index is -3.50. The van der Waals surface area contributed by atoms with Crippen LogP contribution in [-0.4, -0.2) is 102 Å². The average molecular weight is 1060 g/mol. The molecule has 4 heterocycles. The van der Waals surface area contributed by atoms with Gasteiger partial charge in [-0.05, 0) is 78.9 Å². The zero-order chi connectivity index (χ0) is 42.6. The standard InChI is InChI=1S/C21H22BrN3O4S2.C19H16BrCl2N3O2S2/c1-28-16-5-8-18(20(13-16)29-2)19-14-30-21(23-19)24-9-11-25(12-10-24)31(26,27)17-6-3-15(22)4-7-17;20-13-1-4-15(5-2-13)29(26,27)25-9-7-24(8-10-25)19-23-18(12-28-19)16-6-3-14(21)11-17(16)22/h3-8,13-14H,9-12H2,1-2H3;1-6,11-12H,7-10H2. The molecule has 0 radical (unpaired) electrons. The molecule has 2 aromatic heterocycles. The molecule has 0 saturated carbocycles. The van der Waals surface area contributed by atoms with E-state index < -0.39 is 20.0 Å². The number of ether oxygens (including phenoxy) is 2. The molecule has 12 nitrogen and oxygen atoms in total. The molecule has 0 atom stereocenters. The Morgan fingerprint density at radius 1 is 0.583 bits per heavy atom. The maximum absolute atomic E-state index is 12.9. The second kappa shape index (κ2) is 19.4. The maximum Gasteiger partial charge on any atom is 0.243 e. The highest BCUT2D eigenvalue weighted by atomic mass is 79.9. The van der Waals surface area contributed by atoms with Crippen LogP contribution in [0.2, 0.25) is 10.0 Å². The molecule has 2 fully saturated rings. The first-order valence-electron chi connectivity index (χ1n) is 18.4. The number of hydrogen-bond donors (Lipinski definition) is 0. The van der Waals surface area contributed by atoms with Crippen LogP contribution in [-0.2, 0) is 20.0 Å². The topological polar surface area (TPSA) is 125 Å². The van der Waals surface area contributed by atoms with Gasteiger partial charge in [0.1, 0.15) is 11.5 Å². The Labute approximate surface area is 384 Å². The van der Waals surface area contributed by atoms with Crippen LogP contribution < -0.4 is 19.3 Å². The lowest BCUT2D eigenvalue weighted by atomic mass is 10.1. The van der Waals surface area contributed by atoms with E-state index >= 15 is 0 Å². The van der Waals surface area contributed by atoms with Gasteiger partial charge >= 0.3 is 0 Å². The zero-order valence-electron chi connectivity index (χ0n) is 32.2. The van der Waals surface area contributed by atoms with Crippen molar-refractivity contribution in [2.45, 2.75) is 9.79 Å². The molecule has 6 aromatic rings. The Hall–Kier alpha value is -3.30. The lowest BCUT2D eigenvalue weighted by Gasteiger charge is -2.33. The van der Waals surface area contributed by atoms with E-state index in [-0.39, 0.29) is 0 Å². The number of benzene rings is 4. The van der Waals surface area contributed by atoms with E-state index in [1.54, 1.807) is 86.2 Å². The molecule has 0 bridgehead atoms. The number of anilines is 2. The van der Waals surface area contributed by atoms with Crippen LogP contribution in [0.15, 0.2) is 114 Å². The quantitative estimate of drug-likeness (QED) is 0.131. The summed E-state index contributed by atoms with van der Waals surface area (Å²) in [5.41, 5.74) is 3.33. The summed E-state index contributed by atoms with van der Waals surface area (Å²) in [7, 11) is -3.75. The third-order valence-corrected chi connectivity index (χ3v) is 17.0. The Kier molecular flexibility index (Phi) is 14.5. The van der Waals surface area contributed by atoms with Gasteiger partial charge in [0, 0.05) is 94.3 Å². The lowest BCUT2D eigenvalue weighted by Crippen LogP contribution is -2.48. The predicted molar refractivity (Wildman–Crippen MR) is 248 cm³/mol. The highest BCUT2D eigenvalue weighted by molar-refractivity contribution is 9.10. The van der Waals surface area contributed by atoms with Gasteiger partial charge in [-0.25, -0.2) is 26.8 Å². The van der Waals surface area contributed by atoms with Gasteiger partial charge in [0.2, 0.25) is 20.0 Å². The van der Waals surface area contributed by atoms with Crippen molar-refractivity contribution in [2.75, 3.05) is 76.4 Å². The first-order valence-corrected chi connectivity index (χ1v) is 25.3. The molecule has 20 heteroatoms. The number of halogens is 4. The van der Waals surface area contributed by atoms with E-state index in [1.165, 1.54) is 19.9 Å². The molecule has 2 aliphatic heterocycles. The molecule has 0 spiro atoms. The molecule has 4 aromatic carbocycles. The molecule has 0 amide bonds. The van der Waals surface area contributed by atoms with Gasteiger partial charge in [-0.2, -0.15) is 8.61 Å². The smallest absolute Gasteiger partial charge is 0.243 e. The fraction of sp³-hybridized carbons (Fsp3) is 0.250. The highest BCUT2D eigenvalue weighted by Gasteiger charge is 2.31. The van der Waals surface area contributed by atoms with Crippen molar-refractivity contribution in [3.8, 4) is 34.0 Å². The van der Waals surface area contributed by atoms with Crippen molar-refractivity contribution >= 4 is 108 Å². The zero-order valence-corrected chi connectivity index (χ0v) is 40.1. The van der Waals surface area contributed by atoms with E-state index in [4.69, 9.17) is 42.6 Å². The summed E-state index contributed by atoms with van der Waals surface area (Å²) < 4.78 is 67.0. The highest BCUT2D eigenvalue weighted by Crippen LogP contribution is 2.37. The largest absolute Gasteiger partial charge is 0.497 e. The number of piperazine rings is 2. The average Bonchev–Trinajstić information content (AvgIpc) is 3.96. The Morgan fingerprint density at radius 2 is 1.03 bits per heavy atom. The fourth-order valence-corrected chi connectivity index (χ4v) is 12.2. The fourth-order valence-electron chi connectivity index (χ4n) is 6.52. The number of sulfonamides is 2. The van der Waals surface area contributed by atoms with Crippen LogP contribution >= 0.6 is 77.7 Å². The molecule has 0 unspecified atom stereocenters. The van der Waals surface area contributed by atoms with E-state index in [0.29, 0.717) is 77.9 Å². The Balaban J connectivity index is 0.000000182. The summed E-state index contributed by atoms with van der Waals surface area (Å²) in [6.07, 6.45) is 0. The summed E-state index contributed by atoms with van der Waals surface area (Å²) in [6, 6.07) is 24.4. The van der Waals surface area contributed by atoms with Crippen LogP contribution in [0, 0.1) is 0 Å². The lowest BCUT2D eigenvalue weighted by molar-refractivity contribution is 0.384. The third-order valence-electron chi connectivity index (χ3n) is 9.80. The number of nitrogens with zero attached hydrogens (tertiary/aromatic N) is 6. The van der Waals surface area contributed by atoms with Gasteiger partial charge in [-0.1, -0.05) is 55.1 Å². The van der Waals surface area contributed by atoms with Crippen LogP contribution in [0.25, 0.3) is 22.5 Å².